The fourth-order valence-corrected chi connectivity index (χ4v) is 5.42. The summed E-state index contributed by atoms with van der Waals surface area (Å²) in [5.74, 6) is -0.340. The number of thioether (sulfide) groups is 1. The summed E-state index contributed by atoms with van der Waals surface area (Å²) >= 11 is 1.52. The van der Waals surface area contributed by atoms with Crippen LogP contribution in [-0.2, 0) is 14.7 Å². The number of aliphatic hydroxyl groups is 1. The van der Waals surface area contributed by atoms with Crippen molar-refractivity contribution in [2.24, 2.45) is 0 Å². The van der Waals surface area contributed by atoms with Gasteiger partial charge in [-0.1, -0.05) is 35.0 Å². The predicted octanol–water partition coefficient (Wildman–Crippen LogP) is 3.47. The minimum atomic E-state index is -0.866. The van der Waals surface area contributed by atoms with Crippen molar-refractivity contribution in [3.05, 3.63) is 35.4 Å². The van der Waals surface area contributed by atoms with Crippen LogP contribution in [0.15, 0.2) is 23.4 Å². The number of anilines is 1. The smallest absolute Gasteiger partial charge is 0.191 e. The second-order valence-corrected chi connectivity index (χ2v) is 10.2. The number of nitrogens with zero attached hydrogens (tertiary/aromatic N) is 5. The highest BCUT2D eigenvalue weighted by molar-refractivity contribution is 7.99. The number of aliphatic hydroxyl groups excluding tert-OH is 1. The average Bonchev–Trinajstić information content (AvgIpc) is 3.33. The highest BCUT2D eigenvalue weighted by Crippen LogP contribution is 2.44. The first-order valence-electron chi connectivity index (χ1n) is 12.2. The molecule has 2 heterocycles. The molecule has 0 aliphatic heterocycles. The molecule has 2 aromatic heterocycles. The molecular weight excluding hydrogens is 510 g/mol. The predicted molar refractivity (Wildman–Crippen MR) is 129 cm³/mol. The van der Waals surface area contributed by atoms with Crippen molar-refractivity contribution >= 4 is 28.7 Å². The maximum Gasteiger partial charge on any atom is 0.191 e. The van der Waals surface area contributed by atoms with E-state index >= 15 is 0 Å². The van der Waals surface area contributed by atoms with Crippen molar-refractivity contribution in [2.45, 2.75) is 68.0 Å². The molecule has 2 aliphatic rings. The lowest BCUT2D eigenvalue weighted by Gasteiger charge is -2.16. The Balaban J connectivity index is 1.40. The quantitative estimate of drug-likeness (QED) is 0.135. The Morgan fingerprint density at radius 2 is 2.00 bits per heavy atom. The molecule has 0 amide bonds. The summed E-state index contributed by atoms with van der Waals surface area (Å²) in [4.78, 5) is 14.4. The van der Waals surface area contributed by atoms with Gasteiger partial charge in [0.05, 0.1) is 25.4 Å². The SMILES string of the molecule is CCCSc1nc(N[C@@H]2CC2c2ccc(F)c(F)c2)c2nnn(C3CC(OCCO)[C@@H](OOO)C3)c2n1. The van der Waals surface area contributed by atoms with Crippen LogP contribution in [0, 0.1) is 11.6 Å². The number of benzene rings is 1. The fourth-order valence-electron chi connectivity index (χ4n) is 4.73. The van der Waals surface area contributed by atoms with Crippen molar-refractivity contribution in [3.8, 4) is 0 Å². The van der Waals surface area contributed by atoms with Crippen LogP contribution >= 0.6 is 11.8 Å². The Hall–Kier alpha value is -2.49. The lowest BCUT2D eigenvalue weighted by molar-refractivity contribution is -0.510. The van der Waals surface area contributed by atoms with Gasteiger partial charge in [0.25, 0.3) is 0 Å². The summed E-state index contributed by atoms with van der Waals surface area (Å²) in [7, 11) is 0. The highest BCUT2D eigenvalue weighted by atomic mass is 32.2. The lowest BCUT2D eigenvalue weighted by Crippen LogP contribution is -2.27. The third-order valence-electron chi connectivity index (χ3n) is 6.58. The Bertz CT molecular complexity index is 1240. The van der Waals surface area contributed by atoms with E-state index in [1.807, 2.05) is 0 Å². The van der Waals surface area contributed by atoms with Crippen LogP contribution in [0.3, 0.4) is 0 Å². The number of fused-ring (bicyclic) bond motifs is 1. The van der Waals surface area contributed by atoms with Crippen LogP contribution in [-0.4, -0.2) is 72.5 Å². The van der Waals surface area contributed by atoms with Crippen LogP contribution in [0.5, 0.6) is 0 Å². The number of halogens is 2. The van der Waals surface area contributed by atoms with Crippen molar-refractivity contribution < 1.29 is 33.8 Å². The molecule has 0 saturated heterocycles. The van der Waals surface area contributed by atoms with Gasteiger partial charge < -0.3 is 15.2 Å². The first kappa shape index (κ1) is 26.1. The number of nitrogens with one attached hydrogen (secondary N) is 1. The summed E-state index contributed by atoms with van der Waals surface area (Å²) in [6, 6.07) is 3.76. The van der Waals surface area contributed by atoms with Gasteiger partial charge in [-0.05, 0) is 37.0 Å². The maximum absolute atomic E-state index is 13.7. The third-order valence-corrected chi connectivity index (χ3v) is 7.64. The number of aromatic nitrogens is 5. The zero-order chi connectivity index (χ0) is 25.9. The van der Waals surface area contributed by atoms with Gasteiger partial charge in [-0.25, -0.2) is 33.6 Å². The normalized spacial score (nSPS) is 25.2. The highest BCUT2D eigenvalue weighted by Gasteiger charge is 2.41. The van der Waals surface area contributed by atoms with Gasteiger partial charge in [-0.3, -0.25) is 0 Å². The number of ether oxygens (including phenoxy) is 1. The van der Waals surface area contributed by atoms with Gasteiger partial charge in [0.1, 0.15) is 6.10 Å². The molecule has 3 N–H and O–H groups in total. The topological polar surface area (TPSA) is 137 Å². The number of hydrogen-bond acceptors (Lipinski definition) is 11. The van der Waals surface area contributed by atoms with E-state index in [2.05, 4.69) is 32.6 Å². The summed E-state index contributed by atoms with van der Waals surface area (Å²) in [6.45, 7) is 2.05. The lowest BCUT2D eigenvalue weighted by atomic mass is 10.1. The molecular formula is C23H28F2N6O5S. The molecule has 37 heavy (non-hydrogen) atoms. The molecule has 0 radical (unpaired) electrons. The molecule has 3 aromatic rings. The Morgan fingerprint density at radius 1 is 1.16 bits per heavy atom. The molecule has 2 fully saturated rings. The van der Waals surface area contributed by atoms with E-state index in [-0.39, 0.29) is 31.2 Å². The molecule has 3 unspecified atom stereocenters. The first-order valence-corrected chi connectivity index (χ1v) is 13.2. The van der Waals surface area contributed by atoms with Gasteiger partial charge >= 0.3 is 0 Å². The largest absolute Gasteiger partial charge is 0.394 e. The van der Waals surface area contributed by atoms with E-state index in [0.717, 1.165) is 30.2 Å². The Labute approximate surface area is 215 Å². The van der Waals surface area contributed by atoms with E-state index in [4.69, 9.17) is 25.0 Å². The molecule has 0 bridgehead atoms. The van der Waals surface area contributed by atoms with E-state index in [1.54, 1.807) is 10.7 Å². The summed E-state index contributed by atoms with van der Waals surface area (Å²) < 4.78 is 34.5. The average molecular weight is 539 g/mol. The van der Waals surface area contributed by atoms with Gasteiger partial charge in [-0.2, -0.15) is 0 Å². The summed E-state index contributed by atoms with van der Waals surface area (Å²) in [6.07, 6.45) is 1.59. The van der Waals surface area contributed by atoms with E-state index in [0.29, 0.717) is 35.0 Å². The van der Waals surface area contributed by atoms with Crippen LogP contribution in [0.1, 0.15) is 50.1 Å². The summed E-state index contributed by atoms with van der Waals surface area (Å²) in [5, 5.41) is 34.5. The Kier molecular flexibility index (Phi) is 8.12. The molecule has 11 nitrogen and oxygen atoms in total. The van der Waals surface area contributed by atoms with Crippen molar-refractivity contribution in [2.75, 3.05) is 24.3 Å². The molecule has 2 aliphatic carbocycles. The maximum atomic E-state index is 13.7. The van der Waals surface area contributed by atoms with Gasteiger partial charge in [0.15, 0.2) is 33.8 Å². The number of hydrogen-bond donors (Lipinski definition) is 3. The van der Waals surface area contributed by atoms with Crippen LogP contribution in [0.4, 0.5) is 14.6 Å². The minimum Gasteiger partial charge on any atom is -0.394 e. The molecule has 2 saturated carbocycles. The van der Waals surface area contributed by atoms with Crippen LogP contribution < -0.4 is 5.32 Å². The van der Waals surface area contributed by atoms with E-state index in [1.165, 1.54) is 17.8 Å². The van der Waals surface area contributed by atoms with Gasteiger partial charge in [-0.15, -0.1) is 5.10 Å². The second-order valence-electron chi connectivity index (χ2n) is 9.14. The van der Waals surface area contributed by atoms with Crippen molar-refractivity contribution in [3.63, 3.8) is 0 Å². The van der Waals surface area contributed by atoms with Crippen LogP contribution in [0.2, 0.25) is 0 Å². The molecule has 14 heteroatoms. The van der Waals surface area contributed by atoms with Crippen molar-refractivity contribution in [1.29, 1.82) is 0 Å². The molecule has 1 aromatic carbocycles. The van der Waals surface area contributed by atoms with Crippen LogP contribution in [0.25, 0.3) is 11.2 Å². The second kappa shape index (κ2) is 11.5. The zero-order valence-electron chi connectivity index (χ0n) is 20.1. The third kappa shape index (κ3) is 5.68. The zero-order valence-corrected chi connectivity index (χ0v) is 20.9. The minimum absolute atomic E-state index is 0.0145. The molecule has 0 spiro atoms. The molecule has 5 atom stereocenters. The molecule has 5 rings (SSSR count). The fraction of sp³-hybridized carbons (Fsp3) is 0.565. The number of rotatable bonds is 12. The monoisotopic (exact) mass is 538 g/mol. The standard InChI is InChI=1S/C23H28F2N6O5S/c1-2-7-37-23-27-21(26-17-11-14(17)12-3-4-15(24)16(25)8-12)20-22(28-23)31(30-29-20)13-9-18(34-6-5-32)19(10-13)35-36-33/h3-4,8,13-14,17-19,32-33H,2,5-7,9-11H2,1H3,(H,26,27,28)/t13?,14?,17-,18?,19+/m1/s1. The van der Waals surface area contributed by atoms with Gasteiger partial charge in [0.2, 0.25) is 0 Å². The van der Waals surface area contributed by atoms with E-state index in [9.17, 15) is 8.78 Å². The van der Waals surface area contributed by atoms with Gasteiger partial charge in [0, 0.05) is 24.1 Å². The first-order chi connectivity index (χ1) is 18.0. The van der Waals surface area contributed by atoms with Crippen molar-refractivity contribution in [1.82, 2.24) is 25.0 Å². The van der Waals surface area contributed by atoms with E-state index < -0.39 is 23.8 Å². The molecule has 200 valence electrons. The Morgan fingerprint density at radius 3 is 2.76 bits per heavy atom. The summed E-state index contributed by atoms with van der Waals surface area (Å²) in [5.41, 5.74) is 1.76.